The van der Waals surface area contributed by atoms with Crippen LogP contribution in [-0.4, -0.2) is 16.2 Å². The lowest BCUT2D eigenvalue weighted by molar-refractivity contribution is 0.0697. The number of carboxylic acid groups (broad SMARTS) is 1. The lowest BCUT2D eigenvalue weighted by Crippen LogP contribution is -1.97. The minimum Gasteiger partial charge on any atom is -0.477 e. The molecular weight excluding hydrogens is 206 g/mol. The summed E-state index contributed by atoms with van der Waals surface area (Å²) in [6.07, 6.45) is 1.15. The third-order valence-electron chi connectivity index (χ3n) is 2.44. The molecule has 1 N–H and O–H groups in total. The molecule has 0 aliphatic carbocycles. The molecule has 4 nitrogen and oxygen atoms in total. The summed E-state index contributed by atoms with van der Waals surface area (Å²) in [7, 11) is 0. The molecule has 0 aliphatic heterocycles. The molecule has 1 aromatic heterocycles. The topological polar surface area (TPSA) is 63.3 Å². The summed E-state index contributed by atoms with van der Waals surface area (Å²) in [6.45, 7) is 3.90. The molecule has 0 amide bonds. The molecule has 0 saturated heterocycles. The Labute approximate surface area is 92.5 Å². The number of aromatic carboxylic acids is 1. The van der Waals surface area contributed by atoms with E-state index in [0.717, 1.165) is 23.0 Å². The van der Waals surface area contributed by atoms with Crippen molar-refractivity contribution in [2.45, 2.75) is 13.8 Å². The highest BCUT2D eigenvalue weighted by molar-refractivity contribution is 5.94. The molecule has 2 rings (SSSR count). The van der Waals surface area contributed by atoms with E-state index in [0.29, 0.717) is 5.69 Å². The number of aromatic nitrogens is 1. The molecular formula is C12H11NO3. The van der Waals surface area contributed by atoms with Crippen molar-refractivity contribution in [1.29, 1.82) is 0 Å². The van der Waals surface area contributed by atoms with Gasteiger partial charge in [0, 0.05) is 5.56 Å². The second-order valence-corrected chi connectivity index (χ2v) is 3.70. The zero-order chi connectivity index (χ0) is 11.7. The van der Waals surface area contributed by atoms with Gasteiger partial charge in [0.2, 0.25) is 0 Å². The Kier molecular flexibility index (Phi) is 2.48. The highest BCUT2D eigenvalue weighted by Gasteiger charge is 2.17. The molecule has 0 bridgehead atoms. The van der Waals surface area contributed by atoms with Crippen LogP contribution >= 0.6 is 0 Å². The molecule has 0 saturated carbocycles. The number of rotatable bonds is 2. The lowest BCUT2D eigenvalue weighted by Gasteiger charge is -2.03. The maximum Gasteiger partial charge on any atom is 0.341 e. The van der Waals surface area contributed by atoms with Gasteiger partial charge in [-0.3, -0.25) is 0 Å². The van der Waals surface area contributed by atoms with E-state index in [4.69, 9.17) is 9.63 Å². The van der Waals surface area contributed by atoms with Crippen LogP contribution in [0.1, 0.15) is 21.5 Å². The van der Waals surface area contributed by atoms with E-state index in [-0.39, 0.29) is 5.56 Å². The number of hydrogen-bond acceptors (Lipinski definition) is 3. The molecule has 0 aliphatic rings. The Morgan fingerprint density at radius 3 is 2.75 bits per heavy atom. The minimum absolute atomic E-state index is 0.0898. The van der Waals surface area contributed by atoms with Crippen molar-refractivity contribution < 1.29 is 14.4 Å². The number of carbonyl (C=O) groups is 1. The van der Waals surface area contributed by atoms with Gasteiger partial charge in [-0.1, -0.05) is 28.9 Å². The van der Waals surface area contributed by atoms with Crippen LogP contribution in [0.3, 0.4) is 0 Å². The van der Waals surface area contributed by atoms with Gasteiger partial charge in [0.05, 0.1) is 0 Å². The molecule has 4 heteroatoms. The van der Waals surface area contributed by atoms with Crippen LogP contribution in [0.15, 0.2) is 29.0 Å². The van der Waals surface area contributed by atoms with Gasteiger partial charge in [-0.15, -0.1) is 0 Å². The van der Waals surface area contributed by atoms with Gasteiger partial charge in [0.1, 0.15) is 17.5 Å². The quantitative estimate of drug-likeness (QED) is 0.839. The van der Waals surface area contributed by atoms with E-state index in [1.807, 2.05) is 32.0 Å². The number of hydrogen-bond donors (Lipinski definition) is 1. The SMILES string of the molecule is Cc1ccc(-c2nocc2C(=O)O)c(C)c1. The molecule has 82 valence electrons. The van der Waals surface area contributed by atoms with Gasteiger partial charge < -0.3 is 9.63 Å². The van der Waals surface area contributed by atoms with Crippen molar-refractivity contribution >= 4 is 5.97 Å². The van der Waals surface area contributed by atoms with E-state index < -0.39 is 5.97 Å². The minimum atomic E-state index is -1.03. The monoisotopic (exact) mass is 217 g/mol. The van der Waals surface area contributed by atoms with Gasteiger partial charge >= 0.3 is 5.97 Å². The van der Waals surface area contributed by atoms with Crippen molar-refractivity contribution in [2.75, 3.05) is 0 Å². The highest BCUT2D eigenvalue weighted by atomic mass is 16.5. The fourth-order valence-electron chi connectivity index (χ4n) is 1.66. The van der Waals surface area contributed by atoms with Crippen LogP contribution < -0.4 is 0 Å². The number of nitrogens with zero attached hydrogens (tertiary/aromatic N) is 1. The van der Waals surface area contributed by atoms with E-state index in [9.17, 15) is 4.79 Å². The zero-order valence-corrected chi connectivity index (χ0v) is 9.02. The summed E-state index contributed by atoms with van der Waals surface area (Å²) in [5.74, 6) is -1.03. The Bertz CT molecular complexity index is 543. The summed E-state index contributed by atoms with van der Waals surface area (Å²) < 4.78 is 4.72. The summed E-state index contributed by atoms with van der Waals surface area (Å²) >= 11 is 0. The van der Waals surface area contributed by atoms with Gasteiger partial charge in [0.15, 0.2) is 0 Å². The lowest BCUT2D eigenvalue weighted by atomic mass is 10.0. The average molecular weight is 217 g/mol. The Morgan fingerprint density at radius 2 is 2.12 bits per heavy atom. The maximum atomic E-state index is 10.9. The molecule has 0 spiro atoms. The molecule has 0 fully saturated rings. The predicted octanol–water partition coefficient (Wildman–Crippen LogP) is 2.66. The fourth-order valence-corrected chi connectivity index (χ4v) is 1.66. The first-order chi connectivity index (χ1) is 7.59. The highest BCUT2D eigenvalue weighted by Crippen LogP contribution is 2.26. The molecule has 0 radical (unpaired) electrons. The van der Waals surface area contributed by atoms with E-state index in [2.05, 4.69) is 5.16 Å². The van der Waals surface area contributed by atoms with Crippen LogP contribution in [0.4, 0.5) is 0 Å². The van der Waals surface area contributed by atoms with Crippen molar-refractivity contribution in [3.8, 4) is 11.3 Å². The number of benzene rings is 1. The largest absolute Gasteiger partial charge is 0.477 e. The summed E-state index contributed by atoms with van der Waals surface area (Å²) in [5.41, 5.74) is 3.37. The van der Waals surface area contributed by atoms with Crippen molar-refractivity contribution in [2.24, 2.45) is 0 Å². The molecule has 1 aromatic carbocycles. The predicted molar refractivity (Wildman–Crippen MR) is 58.4 cm³/mol. The van der Waals surface area contributed by atoms with Crippen LogP contribution in [0, 0.1) is 13.8 Å². The van der Waals surface area contributed by atoms with Crippen molar-refractivity contribution in [3.05, 3.63) is 41.2 Å². The zero-order valence-electron chi connectivity index (χ0n) is 9.02. The van der Waals surface area contributed by atoms with Crippen LogP contribution in [-0.2, 0) is 0 Å². The normalized spacial score (nSPS) is 10.4. The van der Waals surface area contributed by atoms with E-state index in [1.54, 1.807) is 0 Å². The van der Waals surface area contributed by atoms with Crippen molar-refractivity contribution in [1.82, 2.24) is 5.16 Å². The Balaban J connectivity index is 2.59. The third kappa shape index (κ3) is 1.69. The van der Waals surface area contributed by atoms with Gasteiger partial charge in [0.25, 0.3) is 0 Å². The summed E-state index contributed by atoms with van der Waals surface area (Å²) in [4.78, 5) is 10.9. The van der Waals surface area contributed by atoms with Crippen molar-refractivity contribution in [3.63, 3.8) is 0 Å². The van der Waals surface area contributed by atoms with Gasteiger partial charge in [-0.25, -0.2) is 4.79 Å². The first kappa shape index (κ1) is 10.4. The van der Waals surface area contributed by atoms with Gasteiger partial charge in [-0.05, 0) is 19.4 Å². The van der Waals surface area contributed by atoms with Crippen LogP contribution in [0.2, 0.25) is 0 Å². The van der Waals surface area contributed by atoms with Crippen LogP contribution in [0.5, 0.6) is 0 Å². The second-order valence-electron chi connectivity index (χ2n) is 3.70. The maximum absolute atomic E-state index is 10.9. The fraction of sp³-hybridized carbons (Fsp3) is 0.167. The van der Waals surface area contributed by atoms with Crippen LogP contribution in [0.25, 0.3) is 11.3 Å². The smallest absolute Gasteiger partial charge is 0.341 e. The molecule has 0 unspecified atom stereocenters. The van der Waals surface area contributed by atoms with Gasteiger partial charge in [-0.2, -0.15) is 0 Å². The Hall–Kier alpha value is -2.10. The molecule has 0 atom stereocenters. The number of aryl methyl sites for hydroxylation is 2. The van der Waals surface area contributed by atoms with E-state index in [1.165, 1.54) is 0 Å². The standard InChI is InChI=1S/C12H11NO3/c1-7-3-4-9(8(2)5-7)11-10(12(14)15)6-16-13-11/h3-6H,1-2H3,(H,14,15). The molecule has 1 heterocycles. The molecule has 16 heavy (non-hydrogen) atoms. The first-order valence-corrected chi connectivity index (χ1v) is 4.85. The summed E-state index contributed by atoms with van der Waals surface area (Å²) in [5, 5.41) is 12.7. The molecule has 2 aromatic rings. The second kappa shape index (κ2) is 3.81. The Morgan fingerprint density at radius 1 is 1.38 bits per heavy atom. The number of carboxylic acids is 1. The first-order valence-electron chi connectivity index (χ1n) is 4.85. The average Bonchev–Trinajstić information content (AvgIpc) is 2.66. The summed E-state index contributed by atoms with van der Waals surface area (Å²) in [6, 6.07) is 5.76. The van der Waals surface area contributed by atoms with E-state index >= 15 is 0 Å². The third-order valence-corrected chi connectivity index (χ3v) is 2.44.